The molecule has 0 bridgehead atoms. The van der Waals surface area contributed by atoms with Crippen LogP contribution in [0.3, 0.4) is 0 Å². The van der Waals surface area contributed by atoms with Crippen molar-refractivity contribution in [1.29, 1.82) is 0 Å². The van der Waals surface area contributed by atoms with Gasteiger partial charge in [-0.1, -0.05) is 11.6 Å². The summed E-state index contributed by atoms with van der Waals surface area (Å²) in [6, 6.07) is 4.90. The average molecular weight is 368 g/mol. The van der Waals surface area contributed by atoms with Crippen molar-refractivity contribution in [2.75, 3.05) is 31.1 Å². The van der Waals surface area contributed by atoms with Gasteiger partial charge < -0.3 is 14.9 Å². The third-order valence-electron chi connectivity index (χ3n) is 5.51. The number of nitro groups is 1. The number of hydrogen-bond donors (Lipinski definition) is 1. The molecule has 0 radical (unpaired) electrons. The second-order valence-corrected chi connectivity index (χ2v) is 7.23. The van der Waals surface area contributed by atoms with Gasteiger partial charge in [-0.2, -0.15) is 0 Å². The van der Waals surface area contributed by atoms with Crippen molar-refractivity contribution in [3.8, 4) is 0 Å². The Morgan fingerprint density at radius 1 is 1.12 bits per heavy atom. The molecule has 0 unspecified atom stereocenters. The van der Waals surface area contributed by atoms with E-state index in [1.807, 2.05) is 0 Å². The number of hydrogen-bond acceptors (Lipinski definition) is 4. The summed E-state index contributed by atoms with van der Waals surface area (Å²) in [5.41, 5.74) is 0.861. The van der Waals surface area contributed by atoms with Gasteiger partial charge in [-0.3, -0.25) is 10.1 Å². The van der Waals surface area contributed by atoms with Crippen LogP contribution in [0.25, 0.3) is 0 Å². The highest BCUT2D eigenvalue weighted by atomic mass is 35.5. The monoisotopic (exact) mass is 367 g/mol. The fourth-order valence-corrected chi connectivity index (χ4v) is 4.28. The fourth-order valence-electron chi connectivity index (χ4n) is 4.03. The number of carbonyl (C=O) groups is 1. The van der Waals surface area contributed by atoms with Gasteiger partial charge in [0.05, 0.1) is 4.92 Å². The maximum absolute atomic E-state index is 11.0. The molecule has 0 spiro atoms. The molecule has 1 N–H and O–H groups in total. The summed E-state index contributed by atoms with van der Waals surface area (Å²) in [5, 5.41) is 20.1. The van der Waals surface area contributed by atoms with E-state index in [0.29, 0.717) is 24.9 Å². The lowest BCUT2D eigenvalue weighted by Gasteiger charge is -2.40. The van der Waals surface area contributed by atoms with Crippen LogP contribution in [0.2, 0.25) is 5.02 Å². The van der Waals surface area contributed by atoms with Crippen LogP contribution in [0, 0.1) is 22.0 Å². The number of halogens is 1. The first-order chi connectivity index (χ1) is 12.0. The molecule has 8 heteroatoms. The molecule has 25 heavy (non-hydrogen) atoms. The van der Waals surface area contributed by atoms with Crippen molar-refractivity contribution in [2.45, 2.75) is 25.7 Å². The molecule has 2 aliphatic rings. The summed E-state index contributed by atoms with van der Waals surface area (Å²) in [6.45, 7) is 3.08. The van der Waals surface area contributed by atoms with Crippen molar-refractivity contribution < 1.29 is 14.8 Å². The molecule has 2 aliphatic heterocycles. The van der Waals surface area contributed by atoms with Gasteiger partial charge in [-0.15, -0.1) is 0 Å². The number of benzene rings is 1. The predicted octanol–water partition coefficient (Wildman–Crippen LogP) is 3.85. The van der Waals surface area contributed by atoms with Crippen LogP contribution in [0.4, 0.5) is 16.2 Å². The number of nitro benzene ring substituents is 1. The van der Waals surface area contributed by atoms with Crippen LogP contribution in [-0.4, -0.2) is 47.2 Å². The lowest BCUT2D eigenvalue weighted by atomic mass is 9.79. The highest BCUT2D eigenvalue weighted by Crippen LogP contribution is 2.35. The van der Waals surface area contributed by atoms with Gasteiger partial charge in [0.25, 0.3) is 5.69 Å². The number of anilines is 1. The number of nitrogens with zero attached hydrogens (tertiary/aromatic N) is 3. The smallest absolute Gasteiger partial charge is 0.407 e. The third-order valence-corrected chi connectivity index (χ3v) is 5.81. The van der Waals surface area contributed by atoms with Gasteiger partial charge in [0.1, 0.15) is 5.02 Å². The molecule has 0 aliphatic carbocycles. The highest BCUT2D eigenvalue weighted by molar-refractivity contribution is 6.32. The van der Waals surface area contributed by atoms with Crippen molar-refractivity contribution in [3.63, 3.8) is 0 Å². The van der Waals surface area contributed by atoms with E-state index in [1.54, 1.807) is 12.1 Å². The molecule has 2 heterocycles. The molecular formula is C17H22ClN3O4. The predicted molar refractivity (Wildman–Crippen MR) is 95.4 cm³/mol. The zero-order valence-electron chi connectivity index (χ0n) is 13.9. The Balaban J connectivity index is 1.55. The molecule has 2 saturated heterocycles. The van der Waals surface area contributed by atoms with Crippen molar-refractivity contribution in [2.24, 2.45) is 11.8 Å². The molecule has 1 amide bonds. The SMILES string of the molecule is O=C(O)N1CCC(C2CCN(c3ccc([N+](=O)[O-])c(Cl)c3)CC2)CC1. The second-order valence-electron chi connectivity index (χ2n) is 6.82. The molecule has 7 nitrogen and oxygen atoms in total. The second kappa shape index (κ2) is 7.47. The van der Waals surface area contributed by atoms with E-state index in [9.17, 15) is 14.9 Å². The highest BCUT2D eigenvalue weighted by Gasteiger charge is 2.31. The van der Waals surface area contributed by atoms with Crippen molar-refractivity contribution >= 4 is 29.1 Å². The van der Waals surface area contributed by atoms with Crippen LogP contribution >= 0.6 is 11.6 Å². The number of piperidine rings is 2. The molecule has 0 saturated carbocycles. The first kappa shape index (κ1) is 17.8. The Labute approximate surface area is 151 Å². The van der Waals surface area contributed by atoms with Gasteiger partial charge in [0.15, 0.2) is 0 Å². The van der Waals surface area contributed by atoms with Crippen molar-refractivity contribution in [3.05, 3.63) is 33.3 Å². The van der Waals surface area contributed by atoms with Gasteiger partial charge in [-0.05, 0) is 49.7 Å². The van der Waals surface area contributed by atoms with Crippen molar-refractivity contribution in [1.82, 2.24) is 4.90 Å². The summed E-state index contributed by atoms with van der Waals surface area (Å²) < 4.78 is 0. The normalized spacial score (nSPS) is 19.9. The Morgan fingerprint density at radius 2 is 1.68 bits per heavy atom. The quantitative estimate of drug-likeness (QED) is 0.647. The summed E-state index contributed by atoms with van der Waals surface area (Å²) in [4.78, 5) is 25.1. The molecule has 1 aromatic rings. The summed E-state index contributed by atoms with van der Waals surface area (Å²) >= 11 is 6.01. The molecule has 2 fully saturated rings. The molecule has 3 rings (SSSR count). The van der Waals surface area contributed by atoms with E-state index in [4.69, 9.17) is 16.7 Å². The number of rotatable bonds is 3. The largest absolute Gasteiger partial charge is 0.465 e. The van der Waals surface area contributed by atoms with E-state index >= 15 is 0 Å². The maximum atomic E-state index is 11.0. The maximum Gasteiger partial charge on any atom is 0.407 e. The fraction of sp³-hybridized carbons (Fsp3) is 0.588. The minimum absolute atomic E-state index is 0.0644. The summed E-state index contributed by atoms with van der Waals surface area (Å²) in [6.07, 6.45) is 3.20. The van der Waals surface area contributed by atoms with Crippen LogP contribution < -0.4 is 4.90 Å². The number of carboxylic acid groups (broad SMARTS) is 1. The van der Waals surface area contributed by atoms with E-state index in [0.717, 1.165) is 44.5 Å². The van der Waals surface area contributed by atoms with E-state index < -0.39 is 11.0 Å². The van der Waals surface area contributed by atoms with Gasteiger partial charge in [0, 0.05) is 37.9 Å². The standard InChI is InChI=1S/C17H22ClN3O4/c18-15-11-14(1-2-16(15)21(24)25)19-7-3-12(4-8-19)13-5-9-20(10-6-13)17(22)23/h1-2,11-13H,3-10H2,(H,22,23). The Morgan fingerprint density at radius 3 is 2.16 bits per heavy atom. The van der Waals surface area contributed by atoms with E-state index in [1.165, 1.54) is 11.0 Å². The zero-order chi connectivity index (χ0) is 18.0. The van der Waals surface area contributed by atoms with Gasteiger partial charge >= 0.3 is 6.09 Å². The van der Waals surface area contributed by atoms with Crippen LogP contribution in [0.1, 0.15) is 25.7 Å². The van der Waals surface area contributed by atoms with Gasteiger partial charge in [-0.25, -0.2) is 4.79 Å². The van der Waals surface area contributed by atoms with Crippen LogP contribution in [-0.2, 0) is 0 Å². The summed E-state index contributed by atoms with van der Waals surface area (Å²) in [5.74, 6) is 1.22. The van der Waals surface area contributed by atoms with E-state index in [-0.39, 0.29) is 10.7 Å². The topological polar surface area (TPSA) is 86.9 Å². The Bertz CT molecular complexity index is 653. The van der Waals surface area contributed by atoms with Crippen LogP contribution in [0.5, 0.6) is 0 Å². The number of likely N-dealkylation sites (tertiary alicyclic amines) is 1. The lowest BCUT2D eigenvalue weighted by molar-refractivity contribution is -0.384. The lowest BCUT2D eigenvalue weighted by Crippen LogP contribution is -2.42. The molecule has 136 valence electrons. The molecule has 1 aromatic carbocycles. The Kier molecular flexibility index (Phi) is 5.32. The first-order valence-corrected chi connectivity index (χ1v) is 9.00. The van der Waals surface area contributed by atoms with Crippen LogP contribution in [0.15, 0.2) is 18.2 Å². The summed E-state index contributed by atoms with van der Waals surface area (Å²) in [7, 11) is 0. The minimum Gasteiger partial charge on any atom is -0.465 e. The Hall–Kier alpha value is -2.02. The third kappa shape index (κ3) is 3.98. The zero-order valence-corrected chi connectivity index (χ0v) is 14.7. The molecule has 0 atom stereocenters. The van der Waals surface area contributed by atoms with E-state index in [2.05, 4.69) is 4.90 Å². The molecular weight excluding hydrogens is 346 g/mol. The minimum atomic E-state index is -0.816. The first-order valence-electron chi connectivity index (χ1n) is 8.62. The average Bonchev–Trinajstić information content (AvgIpc) is 2.61. The molecule has 0 aromatic heterocycles. The van der Waals surface area contributed by atoms with Gasteiger partial charge in [0.2, 0.25) is 0 Å². The number of amides is 1.